The lowest BCUT2D eigenvalue weighted by molar-refractivity contribution is -0.137. The van der Waals surface area contributed by atoms with Gasteiger partial charge in [0.25, 0.3) is 0 Å². The predicted molar refractivity (Wildman–Crippen MR) is 131 cm³/mol. The molecule has 0 aromatic heterocycles. The molecular weight excluding hydrogens is 436 g/mol. The smallest absolute Gasteiger partial charge is 0.330 e. The highest BCUT2D eigenvalue weighted by molar-refractivity contribution is 5.82. The van der Waals surface area contributed by atoms with Crippen molar-refractivity contribution < 1.29 is 34.4 Å². The average Bonchev–Trinajstić information content (AvgIpc) is 2.73. The zero-order valence-electron chi connectivity index (χ0n) is 21.1. The molecule has 0 radical (unpaired) electrons. The van der Waals surface area contributed by atoms with E-state index >= 15 is 0 Å². The van der Waals surface area contributed by atoms with Gasteiger partial charge in [-0.2, -0.15) is 0 Å². The van der Waals surface area contributed by atoms with Crippen molar-refractivity contribution in [3.8, 4) is 11.5 Å². The number of carbonyl (C=O) groups is 2. The largest absolute Gasteiger partial charge is 0.508 e. The lowest BCUT2D eigenvalue weighted by Crippen LogP contribution is -2.32. The number of esters is 2. The fraction of sp³-hybridized carbons (Fsp3) is 0.407. The number of rotatable bonds is 3. The number of aromatic hydroxyl groups is 1. The van der Waals surface area contributed by atoms with E-state index in [9.17, 15) is 14.7 Å². The van der Waals surface area contributed by atoms with E-state index < -0.39 is 0 Å². The number of hydrogen-bond donors (Lipinski definition) is 3. The van der Waals surface area contributed by atoms with E-state index in [1.165, 1.54) is 13.2 Å². The van der Waals surface area contributed by atoms with Crippen molar-refractivity contribution in [1.29, 1.82) is 0 Å². The van der Waals surface area contributed by atoms with Crippen molar-refractivity contribution in [1.82, 2.24) is 0 Å². The summed E-state index contributed by atoms with van der Waals surface area (Å²) in [6.07, 6.45) is 1.83. The molecular formula is C27H36O7. The number of methoxy groups -OCH3 is 1. The molecule has 0 amide bonds. The topological polar surface area (TPSA) is 113 Å². The van der Waals surface area contributed by atoms with Gasteiger partial charge in [0.15, 0.2) is 0 Å². The van der Waals surface area contributed by atoms with Crippen LogP contribution in [0.3, 0.4) is 0 Å². The van der Waals surface area contributed by atoms with Crippen LogP contribution >= 0.6 is 0 Å². The SMILES string of the molecule is COC(=O)C=C(C)C.Cc1ccc(CO)c(O)c1.Cc1ccc(CO)c2c1C(C)(C)CC(=O)O2. The Morgan fingerprint density at radius 3 is 2.15 bits per heavy atom. The predicted octanol–water partition coefficient (Wildman–Crippen LogP) is 4.39. The first-order valence-electron chi connectivity index (χ1n) is 10.9. The van der Waals surface area contributed by atoms with Crippen LogP contribution in [0, 0.1) is 13.8 Å². The van der Waals surface area contributed by atoms with E-state index in [2.05, 4.69) is 4.74 Å². The molecule has 3 N–H and O–H groups in total. The highest BCUT2D eigenvalue weighted by Gasteiger charge is 2.36. The molecule has 186 valence electrons. The van der Waals surface area contributed by atoms with Crippen LogP contribution in [0.5, 0.6) is 11.5 Å². The first-order valence-corrected chi connectivity index (χ1v) is 10.9. The summed E-state index contributed by atoms with van der Waals surface area (Å²) in [6.45, 7) is 11.4. The van der Waals surface area contributed by atoms with Crippen LogP contribution < -0.4 is 4.74 Å². The zero-order valence-corrected chi connectivity index (χ0v) is 21.1. The van der Waals surface area contributed by atoms with Gasteiger partial charge < -0.3 is 24.8 Å². The van der Waals surface area contributed by atoms with E-state index in [0.29, 0.717) is 23.3 Å². The number of hydrogen-bond acceptors (Lipinski definition) is 7. The first kappa shape index (κ1) is 28.9. The molecule has 0 unspecified atom stereocenters. The number of benzene rings is 2. The van der Waals surface area contributed by atoms with Crippen molar-refractivity contribution in [3.05, 3.63) is 69.8 Å². The number of aryl methyl sites for hydroxylation is 2. The van der Waals surface area contributed by atoms with Gasteiger partial charge in [-0.15, -0.1) is 0 Å². The monoisotopic (exact) mass is 472 g/mol. The Labute approximate surface area is 201 Å². The maximum atomic E-state index is 11.5. The van der Waals surface area contributed by atoms with Crippen LogP contribution in [0.2, 0.25) is 0 Å². The molecule has 1 aliphatic rings. The lowest BCUT2D eigenvalue weighted by atomic mass is 9.76. The Morgan fingerprint density at radius 2 is 1.68 bits per heavy atom. The van der Waals surface area contributed by atoms with Gasteiger partial charge in [-0.1, -0.05) is 43.7 Å². The van der Waals surface area contributed by atoms with E-state index in [0.717, 1.165) is 22.3 Å². The van der Waals surface area contributed by atoms with Gasteiger partial charge in [-0.3, -0.25) is 4.79 Å². The van der Waals surface area contributed by atoms with E-state index in [-0.39, 0.29) is 36.3 Å². The van der Waals surface area contributed by atoms with E-state index in [1.54, 1.807) is 12.1 Å². The highest BCUT2D eigenvalue weighted by Crippen LogP contribution is 2.42. The highest BCUT2D eigenvalue weighted by atomic mass is 16.5. The molecule has 2 aromatic carbocycles. The average molecular weight is 473 g/mol. The molecule has 7 heteroatoms. The standard InChI is InChI=1S/C13H16O3.C8H10O2.C6H10O2/c1-8-4-5-9(7-14)12-11(8)13(2,3)6-10(15)16-12;1-6-2-3-7(5-9)8(10)4-6;1-5(2)4-6(7)8-3/h4-5,14H,6-7H2,1-3H3;2-4,9-10H,5H2,1H3;4H,1-3H3. The van der Waals surface area contributed by atoms with Crippen molar-refractivity contribution >= 4 is 11.9 Å². The summed E-state index contributed by atoms with van der Waals surface area (Å²) in [5.41, 5.74) is 5.13. The Bertz CT molecular complexity index is 1030. The van der Waals surface area contributed by atoms with Crippen LogP contribution in [0.25, 0.3) is 0 Å². The Kier molecular flexibility index (Phi) is 11.0. The third-order valence-electron chi connectivity index (χ3n) is 5.12. The van der Waals surface area contributed by atoms with Gasteiger partial charge in [0.1, 0.15) is 11.5 Å². The van der Waals surface area contributed by atoms with E-state index in [4.69, 9.17) is 14.9 Å². The molecule has 1 aliphatic heterocycles. The van der Waals surface area contributed by atoms with Crippen molar-refractivity contribution in [2.75, 3.05) is 7.11 Å². The van der Waals surface area contributed by atoms with Crippen LogP contribution in [0.4, 0.5) is 0 Å². The number of fused-ring (bicyclic) bond motifs is 1. The second-order valence-electron chi connectivity index (χ2n) is 8.97. The van der Waals surface area contributed by atoms with Crippen molar-refractivity contribution in [3.63, 3.8) is 0 Å². The molecule has 7 nitrogen and oxygen atoms in total. The Hall–Kier alpha value is -3.16. The maximum Gasteiger partial charge on any atom is 0.330 e. The van der Waals surface area contributed by atoms with E-state index in [1.807, 2.05) is 59.7 Å². The first-order chi connectivity index (χ1) is 15.9. The number of ether oxygens (including phenoxy) is 2. The molecule has 0 bridgehead atoms. The molecule has 0 saturated carbocycles. The summed E-state index contributed by atoms with van der Waals surface area (Å²) >= 11 is 0. The van der Waals surface area contributed by atoms with Crippen LogP contribution in [0.15, 0.2) is 42.0 Å². The third-order valence-corrected chi connectivity index (χ3v) is 5.12. The minimum absolute atomic E-state index is 0.105. The fourth-order valence-electron chi connectivity index (χ4n) is 3.51. The summed E-state index contributed by atoms with van der Waals surface area (Å²) in [7, 11) is 1.36. The number of aliphatic hydroxyl groups excluding tert-OH is 2. The van der Waals surface area contributed by atoms with Crippen LogP contribution in [0.1, 0.15) is 61.9 Å². The molecule has 0 atom stereocenters. The van der Waals surface area contributed by atoms with Crippen LogP contribution in [-0.2, 0) is 33.0 Å². The fourth-order valence-corrected chi connectivity index (χ4v) is 3.51. The number of allylic oxidation sites excluding steroid dienone is 1. The van der Waals surface area contributed by atoms with Gasteiger partial charge in [-0.05, 0) is 44.9 Å². The summed E-state index contributed by atoms with van der Waals surface area (Å²) in [6, 6.07) is 8.97. The molecule has 3 rings (SSSR count). The minimum atomic E-state index is -0.287. The lowest BCUT2D eigenvalue weighted by Gasteiger charge is -2.33. The number of aliphatic hydroxyl groups is 2. The quantitative estimate of drug-likeness (QED) is 0.345. The minimum Gasteiger partial charge on any atom is -0.508 e. The Morgan fingerprint density at radius 1 is 1.09 bits per heavy atom. The van der Waals surface area contributed by atoms with Gasteiger partial charge in [0.05, 0.1) is 26.7 Å². The second kappa shape index (κ2) is 12.9. The normalized spacial score (nSPS) is 13.1. The van der Waals surface area contributed by atoms with Crippen LogP contribution in [-0.4, -0.2) is 34.4 Å². The Balaban J connectivity index is 0.000000277. The molecule has 2 aromatic rings. The van der Waals surface area contributed by atoms with Gasteiger partial charge in [0.2, 0.25) is 0 Å². The molecule has 1 heterocycles. The number of carbonyl (C=O) groups excluding carboxylic acids is 2. The molecule has 0 aliphatic carbocycles. The van der Waals surface area contributed by atoms with Gasteiger partial charge in [0, 0.05) is 28.2 Å². The van der Waals surface area contributed by atoms with Crippen molar-refractivity contribution in [2.24, 2.45) is 0 Å². The molecule has 34 heavy (non-hydrogen) atoms. The third kappa shape index (κ3) is 8.32. The van der Waals surface area contributed by atoms with Gasteiger partial charge in [-0.25, -0.2) is 4.79 Å². The molecule has 0 fully saturated rings. The second-order valence-corrected chi connectivity index (χ2v) is 8.97. The van der Waals surface area contributed by atoms with Gasteiger partial charge >= 0.3 is 11.9 Å². The van der Waals surface area contributed by atoms with Crippen molar-refractivity contribution in [2.45, 2.75) is 66.6 Å². The summed E-state index contributed by atoms with van der Waals surface area (Å²) in [5, 5.41) is 27.0. The molecule has 0 spiro atoms. The zero-order chi connectivity index (χ0) is 26.1. The molecule has 0 saturated heterocycles. The summed E-state index contributed by atoms with van der Waals surface area (Å²) in [5.74, 6) is 0.217. The summed E-state index contributed by atoms with van der Waals surface area (Å²) < 4.78 is 9.62. The maximum absolute atomic E-state index is 11.5. The number of phenols is 1. The summed E-state index contributed by atoms with van der Waals surface area (Å²) in [4.78, 5) is 21.8.